The van der Waals surface area contributed by atoms with Gasteiger partial charge in [0.2, 0.25) is 0 Å². The van der Waals surface area contributed by atoms with Crippen molar-refractivity contribution in [2.75, 3.05) is 0 Å². The lowest BCUT2D eigenvalue weighted by Crippen LogP contribution is -2.08. The first kappa shape index (κ1) is 9.20. The van der Waals surface area contributed by atoms with E-state index in [2.05, 4.69) is 19.1 Å². The van der Waals surface area contributed by atoms with Gasteiger partial charge < -0.3 is 5.73 Å². The highest BCUT2D eigenvalue weighted by Crippen LogP contribution is 2.08. The number of aryl methyl sites for hydroxylation is 2. The topological polar surface area (TPSA) is 26.0 Å². The number of nitrogens with two attached hydrogens (primary N) is 1. The number of rotatable bonds is 3. The van der Waals surface area contributed by atoms with Crippen LogP contribution in [0.3, 0.4) is 0 Å². The van der Waals surface area contributed by atoms with Crippen LogP contribution in [-0.4, -0.2) is 4.99 Å². The second-order valence-corrected chi connectivity index (χ2v) is 3.42. The molecular weight excluding hydrogens is 166 g/mol. The van der Waals surface area contributed by atoms with Crippen LogP contribution in [0.25, 0.3) is 0 Å². The maximum Gasteiger partial charge on any atom is 0.0730 e. The Kier molecular flexibility index (Phi) is 3.23. The summed E-state index contributed by atoms with van der Waals surface area (Å²) in [7, 11) is 0. The lowest BCUT2D eigenvalue weighted by Gasteiger charge is -2.03. The molecule has 0 atom stereocenters. The number of benzene rings is 1. The van der Waals surface area contributed by atoms with E-state index in [1.165, 1.54) is 11.1 Å². The zero-order valence-electron chi connectivity index (χ0n) is 7.21. The van der Waals surface area contributed by atoms with Crippen LogP contribution in [0.1, 0.15) is 17.5 Å². The molecule has 2 N–H and O–H groups in total. The molecule has 0 aliphatic rings. The predicted octanol–water partition coefficient (Wildman–Crippen LogP) is 2.21. The summed E-state index contributed by atoms with van der Waals surface area (Å²) in [5.74, 6) is 0. The average molecular weight is 179 g/mol. The van der Waals surface area contributed by atoms with Crippen LogP contribution in [0.4, 0.5) is 0 Å². The van der Waals surface area contributed by atoms with Crippen LogP contribution >= 0.6 is 12.2 Å². The van der Waals surface area contributed by atoms with Crippen LogP contribution in [0.15, 0.2) is 24.3 Å². The Bertz CT molecular complexity index is 281. The molecule has 0 heterocycles. The van der Waals surface area contributed by atoms with Gasteiger partial charge in [-0.1, -0.05) is 36.5 Å². The molecule has 0 aliphatic heterocycles. The maximum atomic E-state index is 5.42. The van der Waals surface area contributed by atoms with Crippen LogP contribution in [0, 0.1) is 6.92 Å². The summed E-state index contributed by atoms with van der Waals surface area (Å²) in [6, 6.07) is 8.31. The zero-order chi connectivity index (χ0) is 8.97. The molecule has 0 spiro atoms. The fraction of sp³-hybridized carbons (Fsp3) is 0.300. The number of thiocarbonyl (C=S) groups is 1. The van der Waals surface area contributed by atoms with Crippen LogP contribution in [0.2, 0.25) is 0 Å². The fourth-order valence-electron chi connectivity index (χ4n) is 1.15. The highest BCUT2D eigenvalue weighted by atomic mass is 32.1. The summed E-state index contributed by atoms with van der Waals surface area (Å²) in [6.07, 6.45) is 1.77. The Labute approximate surface area is 78.6 Å². The molecule has 0 saturated carbocycles. The second-order valence-electron chi connectivity index (χ2n) is 2.89. The van der Waals surface area contributed by atoms with Gasteiger partial charge in [-0.05, 0) is 24.5 Å². The average Bonchev–Trinajstić information content (AvgIpc) is 2.03. The Morgan fingerprint density at radius 3 is 2.67 bits per heavy atom. The Morgan fingerprint density at radius 1 is 1.42 bits per heavy atom. The van der Waals surface area contributed by atoms with Gasteiger partial charge in [0.25, 0.3) is 0 Å². The molecule has 0 aliphatic carbocycles. The molecule has 0 bridgehead atoms. The number of hydrogen-bond acceptors (Lipinski definition) is 1. The number of hydrogen-bond donors (Lipinski definition) is 1. The minimum Gasteiger partial charge on any atom is -0.393 e. The van der Waals surface area contributed by atoms with Crippen molar-refractivity contribution in [2.45, 2.75) is 19.8 Å². The summed E-state index contributed by atoms with van der Waals surface area (Å²) in [4.78, 5) is 0.596. The van der Waals surface area contributed by atoms with E-state index in [-0.39, 0.29) is 0 Å². The van der Waals surface area contributed by atoms with E-state index in [1.54, 1.807) is 0 Å². The Hall–Kier alpha value is -0.890. The third-order valence-corrected chi connectivity index (χ3v) is 2.11. The highest BCUT2D eigenvalue weighted by molar-refractivity contribution is 7.80. The van der Waals surface area contributed by atoms with Gasteiger partial charge in [0.15, 0.2) is 0 Å². The molecule has 0 radical (unpaired) electrons. The molecule has 0 fully saturated rings. The second kappa shape index (κ2) is 4.21. The van der Waals surface area contributed by atoms with Crippen molar-refractivity contribution in [1.82, 2.24) is 0 Å². The van der Waals surface area contributed by atoms with Gasteiger partial charge in [-0.15, -0.1) is 0 Å². The van der Waals surface area contributed by atoms with Crippen molar-refractivity contribution < 1.29 is 0 Å². The van der Waals surface area contributed by atoms with Gasteiger partial charge in [0.1, 0.15) is 0 Å². The maximum absolute atomic E-state index is 5.42. The van der Waals surface area contributed by atoms with Crippen molar-refractivity contribution in [2.24, 2.45) is 5.73 Å². The molecule has 1 aromatic carbocycles. The molecule has 1 aromatic rings. The monoisotopic (exact) mass is 179 g/mol. The van der Waals surface area contributed by atoms with Crippen LogP contribution < -0.4 is 5.73 Å². The largest absolute Gasteiger partial charge is 0.393 e. The van der Waals surface area contributed by atoms with Gasteiger partial charge in [0, 0.05) is 6.42 Å². The van der Waals surface area contributed by atoms with Gasteiger partial charge in [-0.3, -0.25) is 0 Å². The van der Waals surface area contributed by atoms with Crippen molar-refractivity contribution in [3.8, 4) is 0 Å². The molecule has 0 unspecified atom stereocenters. The smallest absolute Gasteiger partial charge is 0.0730 e. The van der Waals surface area contributed by atoms with E-state index in [4.69, 9.17) is 18.0 Å². The summed E-state index contributed by atoms with van der Waals surface area (Å²) in [5.41, 5.74) is 8.07. The Balaban J connectivity index is 2.63. The molecule has 0 amide bonds. The van der Waals surface area contributed by atoms with Crippen molar-refractivity contribution in [1.29, 1.82) is 0 Å². The van der Waals surface area contributed by atoms with E-state index in [1.807, 2.05) is 12.1 Å². The van der Waals surface area contributed by atoms with Gasteiger partial charge in [0.05, 0.1) is 4.99 Å². The third kappa shape index (κ3) is 2.62. The lowest BCUT2D eigenvalue weighted by atomic mass is 10.0. The van der Waals surface area contributed by atoms with E-state index < -0.39 is 0 Å². The summed E-state index contributed by atoms with van der Waals surface area (Å²) in [5, 5.41) is 0. The quantitative estimate of drug-likeness (QED) is 0.720. The SMILES string of the molecule is Cc1ccccc1CCC(N)=S. The molecular formula is C10H13NS. The molecule has 1 rings (SSSR count). The van der Waals surface area contributed by atoms with E-state index in [0.29, 0.717) is 4.99 Å². The lowest BCUT2D eigenvalue weighted by molar-refractivity contribution is 1.03. The van der Waals surface area contributed by atoms with Crippen molar-refractivity contribution in [3.63, 3.8) is 0 Å². The standard InChI is InChI=1S/C10H13NS/c1-8-4-2-3-5-9(8)6-7-10(11)12/h2-5H,6-7H2,1H3,(H2,11,12). The Morgan fingerprint density at radius 2 is 2.08 bits per heavy atom. The normalized spacial score (nSPS) is 9.75. The van der Waals surface area contributed by atoms with Crippen LogP contribution in [0.5, 0.6) is 0 Å². The minimum absolute atomic E-state index is 0.596. The highest BCUT2D eigenvalue weighted by Gasteiger charge is 1.96. The predicted molar refractivity (Wildman–Crippen MR) is 56.3 cm³/mol. The minimum atomic E-state index is 0.596. The summed E-state index contributed by atoms with van der Waals surface area (Å²) < 4.78 is 0. The molecule has 2 heteroatoms. The molecule has 0 saturated heterocycles. The molecule has 12 heavy (non-hydrogen) atoms. The molecule has 0 aromatic heterocycles. The van der Waals surface area contributed by atoms with E-state index in [0.717, 1.165) is 12.8 Å². The van der Waals surface area contributed by atoms with Crippen molar-refractivity contribution in [3.05, 3.63) is 35.4 Å². The van der Waals surface area contributed by atoms with E-state index in [9.17, 15) is 0 Å². The first-order chi connectivity index (χ1) is 5.70. The van der Waals surface area contributed by atoms with E-state index >= 15 is 0 Å². The van der Waals surface area contributed by atoms with Crippen molar-refractivity contribution >= 4 is 17.2 Å². The van der Waals surface area contributed by atoms with Gasteiger partial charge >= 0.3 is 0 Å². The third-order valence-electron chi connectivity index (χ3n) is 1.90. The molecule has 1 nitrogen and oxygen atoms in total. The fourth-order valence-corrected chi connectivity index (χ4v) is 1.25. The summed E-state index contributed by atoms with van der Waals surface area (Å²) in [6.45, 7) is 2.11. The zero-order valence-corrected chi connectivity index (χ0v) is 8.03. The molecule has 64 valence electrons. The van der Waals surface area contributed by atoms with Gasteiger partial charge in [-0.25, -0.2) is 0 Å². The van der Waals surface area contributed by atoms with Gasteiger partial charge in [-0.2, -0.15) is 0 Å². The summed E-state index contributed by atoms with van der Waals surface area (Å²) >= 11 is 4.82. The first-order valence-corrected chi connectivity index (χ1v) is 4.44. The van der Waals surface area contributed by atoms with Crippen LogP contribution in [-0.2, 0) is 6.42 Å². The first-order valence-electron chi connectivity index (χ1n) is 4.03.